The van der Waals surface area contributed by atoms with Crippen molar-refractivity contribution in [2.45, 2.75) is 12.8 Å². The minimum atomic E-state index is -0.0555. The molecule has 2 aliphatic heterocycles. The largest absolute Gasteiger partial charge is 0.454 e. The molecule has 6 heteroatoms. The summed E-state index contributed by atoms with van der Waals surface area (Å²) in [7, 11) is 0. The average Bonchev–Trinajstić information content (AvgIpc) is 3.39. The highest BCUT2D eigenvalue weighted by Crippen LogP contribution is 2.33. The van der Waals surface area contributed by atoms with Crippen LogP contribution < -0.4 is 9.47 Å². The maximum absolute atomic E-state index is 13.0. The fourth-order valence-corrected chi connectivity index (χ4v) is 4.05. The number of nitrogens with zero attached hydrogens (tertiary/aromatic N) is 1. The van der Waals surface area contributed by atoms with Crippen molar-refractivity contribution >= 4 is 22.6 Å². The van der Waals surface area contributed by atoms with Gasteiger partial charge in [-0.05, 0) is 37.1 Å². The number of para-hydroxylation sites is 1. The SMILES string of the molecule is O=C(c1c[nH]c2ccccc12)C1CCN(C(=O)c2ccc3c(c2)OCO3)CC1. The number of hydrogen-bond donors (Lipinski definition) is 1. The van der Waals surface area contributed by atoms with Crippen molar-refractivity contribution in [1.29, 1.82) is 0 Å². The average molecular weight is 376 g/mol. The Hall–Kier alpha value is -3.28. The Morgan fingerprint density at radius 3 is 2.64 bits per heavy atom. The Balaban J connectivity index is 1.27. The molecule has 0 bridgehead atoms. The molecule has 1 aromatic heterocycles. The highest BCUT2D eigenvalue weighted by Gasteiger charge is 2.30. The number of piperidine rings is 1. The van der Waals surface area contributed by atoms with E-state index in [0.717, 1.165) is 16.5 Å². The first-order chi connectivity index (χ1) is 13.7. The summed E-state index contributed by atoms with van der Waals surface area (Å²) in [5.74, 6) is 1.35. The van der Waals surface area contributed by atoms with Gasteiger partial charge in [0, 0.05) is 47.2 Å². The molecule has 2 aliphatic rings. The van der Waals surface area contributed by atoms with Crippen LogP contribution in [0.25, 0.3) is 10.9 Å². The first kappa shape index (κ1) is 16.9. The smallest absolute Gasteiger partial charge is 0.253 e. The normalized spacial score (nSPS) is 16.5. The fourth-order valence-electron chi connectivity index (χ4n) is 4.05. The van der Waals surface area contributed by atoms with Crippen molar-refractivity contribution in [1.82, 2.24) is 9.88 Å². The number of ketones is 1. The number of carbonyl (C=O) groups is 2. The Kier molecular flexibility index (Phi) is 4.04. The highest BCUT2D eigenvalue weighted by atomic mass is 16.7. The molecule has 5 rings (SSSR count). The number of amides is 1. The van der Waals surface area contributed by atoms with E-state index in [1.165, 1.54) is 0 Å². The maximum Gasteiger partial charge on any atom is 0.253 e. The van der Waals surface area contributed by atoms with Crippen LogP contribution in [0.4, 0.5) is 0 Å². The summed E-state index contributed by atoms with van der Waals surface area (Å²) >= 11 is 0. The van der Waals surface area contributed by atoms with E-state index in [2.05, 4.69) is 4.98 Å². The molecule has 0 radical (unpaired) electrons. The number of nitrogens with one attached hydrogen (secondary N) is 1. The van der Waals surface area contributed by atoms with Crippen molar-refractivity contribution in [3.63, 3.8) is 0 Å². The van der Waals surface area contributed by atoms with E-state index in [1.807, 2.05) is 29.2 Å². The number of hydrogen-bond acceptors (Lipinski definition) is 4. The van der Waals surface area contributed by atoms with Crippen molar-refractivity contribution < 1.29 is 19.1 Å². The van der Waals surface area contributed by atoms with Crippen molar-refractivity contribution in [2.75, 3.05) is 19.9 Å². The standard InChI is InChI=1S/C22H20N2O4/c25-21(17-12-23-18-4-2-1-3-16(17)18)14-7-9-24(10-8-14)22(26)15-5-6-19-20(11-15)28-13-27-19/h1-6,11-12,14,23H,7-10,13H2. The lowest BCUT2D eigenvalue weighted by atomic mass is 9.88. The molecule has 1 N–H and O–H groups in total. The Labute approximate surface area is 162 Å². The summed E-state index contributed by atoms with van der Waals surface area (Å²) in [6.45, 7) is 1.34. The minimum Gasteiger partial charge on any atom is -0.454 e. The van der Waals surface area contributed by atoms with Gasteiger partial charge < -0.3 is 19.4 Å². The topological polar surface area (TPSA) is 71.6 Å². The Morgan fingerprint density at radius 1 is 1.00 bits per heavy atom. The number of fused-ring (bicyclic) bond motifs is 2. The molecule has 1 saturated heterocycles. The minimum absolute atomic E-state index is 0.0312. The first-order valence-electron chi connectivity index (χ1n) is 9.50. The fraction of sp³-hybridized carbons (Fsp3) is 0.273. The Morgan fingerprint density at radius 2 is 1.79 bits per heavy atom. The van der Waals surface area contributed by atoms with Crippen LogP contribution in [-0.4, -0.2) is 41.5 Å². The third kappa shape index (κ3) is 2.81. The van der Waals surface area contributed by atoms with E-state index in [9.17, 15) is 9.59 Å². The van der Waals surface area contributed by atoms with E-state index in [1.54, 1.807) is 24.4 Å². The van der Waals surface area contributed by atoms with E-state index in [4.69, 9.17) is 9.47 Å². The van der Waals surface area contributed by atoms with Gasteiger partial charge in [-0.25, -0.2) is 0 Å². The van der Waals surface area contributed by atoms with Crippen LogP contribution in [0.3, 0.4) is 0 Å². The number of carbonyl (C=O) groups excluding carboxylic acids is 2. The zero-order valence-electron chi connectivity index (χ0n) is 15.3. The van der Waals surface area contributed by atoms with Gasteiger partial charge in [-0.2, -0.15) is 0 Å². The number of ether oxygens (including phenoxy) is 2. The van der Waals surface area contributed by atoms with Crippen LogP contribution in [0.2, 0.25) is 0 Å². The summed E-state index contributed by atoms with van der Waals surface area (Å²) in [6.07, 6.45) is 3.15. The molecule has 142 valence electrons. The van der Waals surface area contributed by atoms with Crippen molar-refractivity contribution in [2.24, 2.45) is 5.92 Å². The molecule has 1 amide bonds. The van der Waals surface area contributed by atoms with Crippen LogP contribution >= 0.6 is 0 Å². The molecule has 3 heterocycles. The molecule has 0 atom stereocenters. The molecular weight excluding hydrogens is 356 g/mol. The number of benzene rings is 2. The third-order valence-corrected chi connectivity index (χ3v) is 5.63. The highest BCUT2D eigenvalue weighted by molar-refractivity contribution is 6.09. The number of Topliss-reactive ketones (excluding diaryl/α,β-unsaturated/α-hetero) is 1. The van der Waals surface area contributed by atoms with Gasteiger partial charge in [0.05, 0.1) is 0 Å². The molecule has 0 saturated carbocycles. The molecule has 0 unspecified atom stereocenters. The van der Waals surface area contributed by atoms with Gasteiger partial charge in [-0.3, -0.25) is 9.59 Å². The predicted molar refractivity (Wildman–Crippen MR) is 104 cm³/mol. The van der Waals surface area contributed by atoms with E-state index in [0.29, 0.717) is 43.0 Å². The monoisotopic (exact) mass is 376 g/mol. The summed E-state index contributed by atoms with van der Waals surface area (Å²) < 4.78 is 10.7. The van der Waals surface area contributed by atoms with Gasteiger partial charge in [0.25, 0.3) is 5.91 Å². The lowest BCUT2D eigenvalue weighted by Crippen LogP contribution is -2.40. The third-order valence-electron chi connectivity index (χ3n) is 5.63. The molecule has 6 nitrogen and oxygen atoms in total. The molecule has 1 fully saturated rings. The lowest BCUT2D eigenvalue weighted by molar-refractivity contribution is 0.0650. The second kappa shape index (κ2) is 6.71. The maximum atomic E-state index is 13.0. The molecule has 0 aliphatic carbocycles. The summed E-state index contributed by atoms with van der Waals surface area (Å²) in [5.41, 5.74) is 2.31. The van der Waals surface area contributed by atoms with Gasteiger partial charge in [0.2, 0.25) is 6.79 Å². The quantitative estimate of drug-likeness (QED) is 0.709. The number of aromatic amines is 1. The van der Waals surface area contributed by atoms with Gasteiger partial charge >= 0.3 is 0 Å². The number of rotatable bonds is 3. The molecule has 2 aromatic carbocycles. The van der Waals surface area contributed by atoms with Crippen LogP contribution in [0.5, 0.6) is 11.5 Å². The van der Waals surface area contributed by atoms with Gasteiger partial charge in [-0.1, -0.05) is 18.2 Å². The van der Waals surface area contributed by atoms with E-state index in [-0.39, 0.29) is 24.4 Å². The molecule has 0 spiro atoms. The van der Waals surface area contributed by atoms with Crippen LogP contribution in [0.15, 0.2) is 48.7 Å². The predicted octanol–water partition coefficient (Wildman–Crippen LogP) is 3.63. The second-order valence-corrected chi connectivity index (χ2v) is 7.25. The summed E-state index contributed by atoms with van der Waals surface area (Å²) in [4.78, 5) is 30.8. The number of likely N-dealkylation sites (tertiary alicyclic amines) is 1. The zero-order valence-corrected chi connectivity index (χ0v) is 15.3. The molecular formula is C22H20N2O4. The zero-order chi connectivity index (χ0) is 19.1. The van der Waals surface area contributed by atoms with Gasteiger partial charge in [0.15, 0.2) is 17.3 Å². The summed E-state index contributed by atoms with van der Waals surface area (Å²) in [5, 5.41) is 0.964. The lowest BCUT2D eigenvalue weighted by Gasteiger charge is -2.31. The van der Waals surface area contributed by atoms with Gasteiger partial charge in [-0.15, -0.1) is 0 Å². The van der Waals surface area contributed by atoms with Crippen LogP contribution in [-0.2, 0) is 0 Å². The van der Waals surface area contributed by atoms with Crippen molar-refractivity contribution in [3.8, 4) is 11.5 Å². The summed E-state index contributed by atoms with van der Waals surface area (Å²) in [6, 6.07) is 13.1. The second-order valence-electron chi connectivity index (χ2n) is 7.25. The van der Waals surface area contributed by atoms with Crippen LogP contribution in [0, 0.1) is 5.92 Å². The van der Waals surface area contributed by atoms with E-state index < -0.39 is 0 Å². The van der Waals surface area contributed by atoms with Crippen LogP contribution in [0.1, 0.15) is 33.6 Å². The number of H-pyrrole nitrogens is 1. The molecule has 3 aromatic rings. The van der Waals surface area contributed by atoms with Crippen molar-refractivity contribution in [3.05, 3.63) is 59.8 Å². The number of aromatic nitrogens is 1. The Bertz CT molecular complexity index is 1060. The molecule has 28 heavy (non-hydrogen) atoms. The first-order valence-corrected chi connectivity index (χ1v) is 9.50. The van der Waals surface area contributed by atoms with Gasteiger partial charge in [0.1, 0.15) is 0 Å². The van der Waals surface area contributed by atoms with E-state index >= 15 is 0 Å².